The van der Waals surface area contributed by atoms with Crippen LogP contribution in [-0.2, 0) is 0 Å². The van der Waals surface area contributed by atoms with E-state index in [1.165, 1.54) is 0 Å². The molecule has 0 bridgehead atoms. The predicted molar refractivity (Wildman–Crippen MR) is 70.6 cm³/mol. The number of hydrogen-bond acceptors (Lipinski definition) is 3. The third-order valence-corrected chi connectivity index (χ3v) is 3.45. The summed E-state index contributed by atoms with van der Waals surface area (Å²) in [4.78, 5) is 4.24. The number of aromatic nitrogens is 1. The lowest BCUT2D eigenvalue weighted by Gasteiger charge is -2.15. The second kappa shape index (κ2) is 5.04. The molecule has 16 heavy (non-hydrogen) atoms. The number of rotatable bonds is 3. The largest absolute Gasteiger partial charge is 0.375 e. The van der Waals surface area contributed by atoms with Crippen molar-refractivity contribution in [3.8, 4) is 0 Å². The molecule has 1 aromatic heterocycles. The van der Waals surface area contributed by atoms with E-state index >= 15 is 0 Å². The monoisotopic (exact) mass is 272 g/mol. The Kier molecular flexibility index (Phi) is 3.69. The van der Waals surface area contributed by atoms with Gasteiger partial charge in [-0.05, 0) is 19.1 Å². The van der Waals surface area contributed by atoms with Crippen LogP contribution in [0.1, 0.15) is 18.7 Å². The number of para-hydroxylation sites is 1. The highest BCUT2D eigenvalue weighted by Crippen LogP contribution is 2.32. The molecule has 2 aromatic rings. The first-order valence-electron chi connectivity index (χ1n) is 4.77. The molecule has 1 unspecified atom stereocenters. The van der Waals surface area contributed by atoms with Gasteiger partial charge in [0.05, 0.1) is 33.0 Å². The average molecular weight is 273 g/mol. The van der Waals surface area contributed by atoms with Gasteiger partial charge in [0.25, 0.3) is 0 Å². The zero-order valence-corrected chi connectivity index (χ0v) is 10.9. The van der Waals surface area contributed by atoms with E-state index < -0.39 is 0 Å². The Morgan fingerprint density at radius 3 is 2.56 bits per heavy atom. The van der Waals surface area contributed by atoms with Crippen LogP contribution in [0.3, 0.4) is 0 Å². The van der Waals surface area contributed by atoms with Crippen molar-refractivity contribution >= 4 is 40.2 Å². The fraction of sp³-hybridized carbons (Fsp3) is 0.182. The first-order valence-corrected chi connectivity index (χ1v) is 6.47. The number of halogens is 2. The first kappa shape index (κ1) is 11.7. The van der Waals surface area contributed by atoms with Crippen LogP contribution in [0.15, 0.2) is 29.1 Å². The SMILES string of the molecule is CC(Nc1c(Cl)cccc1Cl)c1cscn1. The van der Waals surface area contributed by atoms with Crippen molar-refractivity contribution in [3.05, 3.63) is 44.8 Å². The Bertz CT molecular complexity index is 451. The maximum absolute atomic E-state index is 6.07. The third kappa shape index (κ3) is 2.48. The summed E-state index contributed by atoms with van der Waals surface area (Å²) in [7, 11) is 0. The minimum Gasteiger partial charge on any atom is -0.375 e. The maximum Gasteiger partial charge on any atom is 0.0795 e. The lowest BCUT2D eigenvalue weighted by atomic mass is 10.2. The Hall–Kier alpha value is -0.770. The number of nitrogens with one attached hydrogen (secondary N) is 1. The zero-order valence-electron chi connectivity index (χ0n) is 8.58. The van der Waals surface area contributed by atoms with E-state index in [2.05, 4.69) is 10.3 Å². The molecule has 0 amide bonds. The van der Waals surface area contributed by atoms with Crippen molar-refractivity contribution in [3.63, 3.8) is 0 Å². The molecule has 0 saturated heterocycles. The molecule has 1 heterocycles. The highest BCUT2D eigenvalue weighted by Gasteiger charge is 2.11. The quantitative estimate of drug-likeness (QED) is 0.882. The van der Waals surface area contributed by atoms with E-state index in [1.807, 2.05) is 36.0 Å². The fourth-order valence-electron chi connectivity index (χ4n) is 1.36. The predicted octanol–water partition coefficient (Wildman–Crippen LogP) is 4.62. The van der Waals surface area contributed by atoms with Crippen molar-refractivity contribution in [1.29, 1.82) is 0 Å². The Balaban J connectivity index is 2.21. The molecule has 2 nitrogen and oxygen atoms in total. The molecule has 0 saturated carbocycles. The van der Waals surface area contributed by atoms with Crippen molar-refractivity contribution in [2.75, 3.05) is 5.32 Å². The number of hydrogen-bond donors (Lipinski definition) is 1. The Labute approximate surface area is 108 Å². The van der Waals surface area contributed by atoms with Crippen molar-refractivity contribution in [1.82, 2.24) is 4.98 Å². The van der Waals surface area contributed by atoms with Crippen LogP contribution in [-0.4, -0.2) is 4.98 Å². The van der Waals surface area contributed by atoms with Crippen molar-refractivity contribution in [2.24, 2.45) is 0 Å². The number of nitrogens with zero attached hydrogens (tertiary/aromatic N) is 1. The number of benzene rings is 1. The van der Waals surface area contributed by atoms with Gasteiger partial charge < -0.3 is 5.32 Å². The van der Waals surface area contributed by atoms with E-state index in [0.717, 1.165) is 11.4 Å². The van der Waals surface area contributed by atoms with Gasteiger partial charge in [-0.3, -0.25) is 0 Å². The second-order valence-electron chi connectivity index (χ2n) is 3.38. The van der Waals surface area contributed by atoms with Gasteiger partial charge in [0, 0.05) is 5.38 Å². The van der Waals surface area contributed by atoms with E-state index in [1.54, 1.807) is 11.3 Å². The summed E-state index contributed by atoms with van der Waals surface area (Å²) in [6, 6.07) is 5.53. The summed E-state index contributed by atoms with van der Waals surface area (Å²) in [5.41, 5.74) is 3.55. The topological polar surface area (TPSA) is 24.9 Å². The molecule has 0 fully saturated rings. The van der Waals surface area contributed by atoms with Crippen LogP contribution in [0, 0.1) is 0 Å². The summed E-state index contributed by atoms with van der Waals surface area (Å²) >= 11 is 13.7. The van der Waals surface area contributed by atoms with E-state index in [0.29, 0.717) is 10.0 Å². The zero-order chi connectivity index (χ0) is 11.5. The van der Waals surface area contributed by atoms with Crippen molar-refractivity contribution in [2.45, 2.75) is 13.0 Å². The first-order chi connectivity index (χ1) is 7.68. The highest BCUT2D eigenvalue weighted by molar-refractivity contribution is 7.07. The van der Waals surface area contributed by atoms with Gasteiger partial charge in [-0.2, -0.15) is 0 Å². The van der Waals surface area contributed by atoms with Gasteiger partial charge in [-0.1, -0.05) is 29.3 Å². The van der Waals surface area contributed by atoms with Crippen LogP contribution in [0.4, 0.5) is 5.69 Å². The highest BCUT2D eigenvalue weighted by atomic mass is 35.5. The molecule has 84 valence electrons. The minimum atomic E-state index is 0.0867. The van der Waals surface area contributed by atoms with Gasteiger partial charge in [-0.25, -0.2) is 4.98 Å². The summed E-state index contributed by atoms with van der Waals surface area (Å²) in [5, 5.41) is 6.50. The molecule has 0 radical (unpaired) electrons. The number of thiazole rings is 1. The smallest absolute Gasteiger partial charge is 0.0795 e. The van der Waals surface area contributed by atoms with E-state index in [-0.39, 0.29) is 6.04 Å². The van der Waals surface area contributed by atoms with Gasteiger partial charge in [0.1, 0.15) is 0 Å². The van der Waals surface area contributed by atoms with Gasteiger partial charge in [0.15, 0.2) is 0 Å². The molecule has 1 atom stereocenters. The number of anilines is 1. The van der Waals surface area contributed by atoms with Crippen LogP contribution >= 0.6 is 34.5 Å². The van der Waals surface area contributed by atoms with Gasteiger partial charge in [-0.15, -0.1) is 11.3 Å². The molecular formula is C11H10Cl2N2S. The minimum absolute atomic E-state index is 0.0867. The van der Waals surface area contributed by atoms with Crippen LogP contribution in [0.25, 0.3) is 0 Å². The molecule has 0 aliphatic rings. The average Bonchev–Trinajstić information content (AvgIpc) is 2.76. The standard InChI is InChI=1S/C11H10Cl2N2S/c1-7(10-5-16-6-14-10)15-11-8(12)3-2-4-9(11)13/h2-7,15H,1H3. The summed E-state index contributed by atoms with van der Waals surface area (Å²) in [6.07, 6.45) is 0. The molecule has 0 spiro atoms. The lowest BCUT2D eigenvalue weighted by Crippen LogP contribution is -2.07. The summed E-state index contributed by atoms with van der Waals surface area (Å²) in [6.45, 7) is 2.02. The lowest BCUT2D eigenvalue weighted by molar-refractivity contribution is 0.850. The molecular weight excluding hydrogens is 263 g/mol. The van der Waals surface area contributed by atoms with Gasteiger partial charge in [0.2, 0.25) is 0 Å². The van der Waals surface area contributed by atoms with Crippen LogP contribution in [0.2, 0.25) is 10.0 Å². The van der Waals surface area contributed by atoms with E-state index in [4.69, 9.17) is 23.2 Å². The van der Waals surface area contributed by atoms with E-state index in [9.17, 15) is 0 Å². The second-order valence-corrected chi connectivity index (χ2v) is 4.91. The Morgan fingerprint density at radius 2 is 2.00 bits per heavy atom. The fourth-order valence-corrected chi connectivity index (χ4v) is 2.52. The molecule has 1 aromatic carbocycles. The van der Waals surface area contributed by atoms with Gasteiger partial charge >= 0.3 is 0 Å². The molecule has 0 aliphatic carbocycles. The molecule has 0 aliphatic heterocycles. The molecule has 5 heteroatoms. The summed E-state index contributed by atoms with van der Waals surface area (Å²) < 4.78 is 0. The third-order valence-electron chi connectivity index (χ3n) is 2.22. The molecule has 2 rings (SSSR count). The summed E-state index contributed by atoms with van der Waals surface area (Å²) in [5.74, 6) is 0. The maximum atomic E-state index is 6.07. The Morgan fingerprint density at radius 1 is 1.31 bits per heavy atom. The molecule has 1 N–H and O–H groups in total. The van der Waals surface area contributed by atoms with Crippen LogP contribution in [0.5, 0.6) is 0 Å². The van der Waals surface area contributed by atoms with Crippen LogP contribution < -0.4 is 5.32 Å². The van der Waals surface area contributed by atoms with Crippen molar-refractivity contribution < 1.29 is 0 Å². The normalized spacial score (nSPS) is 12.4.